The Labute approximate surface area is 81.7 Å². The standard InChI is InChI=1S/C8H14N4S/c9-4-3-7-10-8(12-11-7)6-2-1-5-13-6/h6H,1-5,9H2,(H,10,11,12). The topological polar surface area (TPSA) is 67.6 Å². The molecule has 1 aliphatic heterocycles. The van der Waals surface area contributed by atoms with Crippen LogP contribution in [-0.2, 0) is 6.42 Å². The van der Waals surface area contributed by atoms with Crippen molar-refractivity contribution in [3.05, 3.63) is 11.6 Å². The van der Waals surface area contributed by atoms with Gasteiger partial charge in [-0.15, -0.1) is 0 Å². The Morgan fingerprint density at radius 2 is 2.54 bits per heavy atom. The SMILES string of the molecule is NCCc1nc(C2CCCS2)n[nH]1. The molecule has 0 aliphatic carbocycles. The number of hydrogen-bond acceptors (Lipinski definition) is 4. The second-order valence-electron chi connectivity index (χ2n) is 3.18. The van der Waals surface area contributed by atoms with Crippen LogP contribution in [0.2, 0.25) is 0 Å². The van der Waals surface area contributed by atoms with E-state index in [4.69, 9.17) is 5.73 Å². The van der Waals surface area contributed by atoms with Crippen molar-refractivity contribution < 1.29 is 0 Å². The third-order valence-corrected chi connectivity index (χ3v) is 3.52. The van der Waals surface area contributed by atoms with Gasteiger partial charge in [-0.3, -0.25) is 5.10 Å². The molecule has 1 fully saturated rings. The van der Waals surface area contributed by atoms with Gasteiger partial charge >= 0.3 is 0 Å². The lowest BCUT2D eigenvalue weighted by Crippen LogP contribution is -2.04. The number of rotatable bonds is 3. The van der Waals surface area contributed by atoms with Crippen LogP contribution < -0.4 is 5.73 Å². The van der Waals surface area contributed by atoms with Gasteiger partial charge in [0, 0.05) is 6.42 Å². The van der Waals surface area contributed by atoms with Gasteiger partial charge in [0.2, 0.25) is 0 Å². The van der Waals surface area contributed by atoms with Crippen molar-refractivity contribution in [1.82, 2.24) is 15.2 Å². The van der Waals surface area contributed by atoms with Gasteiger partial charge in [0.25, 0.3) is 0 Å². The molecule has 13 heavy (non-hydrogen) atoms. The molecule has 2 heterocycles. The first-order valence-corrected chi connectivity index (χ1v) is 5.68. The Morgan fingerprint density at radius 1 is 1.62 bits per heavy atom. The number of hydrogen-bond donors (Lipinski definition) is 2. The fraction of sp³-hybridized carbons (Fsp3) is 0.750. The summed E-state index contributed by atoms with van der Waals surface area (Å²) in [4.78, 5) is 4.41. The zero-order valence-corrected chi connectivity index (χ0v) is 8.31. The van der Waals surface area contributed by atoms with E-state index in [-0.39, 0.29) is 0 Å². The zero-order chi connectivity index (χ0) is 9.10. The van der Waals surface area contributed by atoms with E-state index >= 15 is 0 Å². The second kappa shape index (κ2) is 4.11. The Kier molecular flexibility index (Phi) is 2.85. The number of H-pyrrole nitrogens is 1. The summed E-state index contributed by atoms with van der Waals surface area (Å²) in [5.74, 6) is 3.13. The fourth-order valence-electron chi connectivity index (χ4n) is 1.48. The van der Waals surface area contributed by atoms with E-state index in [1.165, 1.54) is 18.6 Å². The van der Waals surface area contributed by atoms with Crippen LogP contribution in [0.1, 0.15) is 29.7 Å². The predicted octanol–water partition coefficient (Wildman–Crippen LogP) is 0.874. The van der Waals surface area contributed by atoms with Crippen LogP contribution in [0.3, 0.4) is 0 Å². The molecule has 0 saturated carbocycles. The lowest BCUT2D eigenvalue weighted by molar-refractivity contribution is 0.781. The highest BCUT2D eigenvalue weighted by molar-refractivity contribution is 7.99. The van der Waals surface area contributed by atoms with Crippen molar-refractivity contribution in [2.75, 3.05) is 12.3 Å². The van der Waals surface area contributed by atoms with E-state index in [2.05, 4.69) is 15.2 Å². The van der Waals surface area contributed by atoms with Gasteiger partial charge in [-0.05, 0) is 25.1 Å². The molecule has 0 amide bonds. The summed E-state index contributed by atoms with van der Waals surface area (Å²) < 4.78 is 0. The molecule has 0 spiro atoms. The number of nitrogens with two attached hydrogens (primary N) is 1. The maximum Gasteiger partial charge on any atom is 0.163 e. The van der Waals surface area contributed by atoms with Crippen molar-refractivity contribution >= 4 is 11.8 Å². The summed E-state index contributed by atoms with van der Waals surface area (Å²) in [5, 5.41) is 7.65. The average Bonchev–Trinajstić information content (AvgIpc) is 2.70. The van der Waals surface area contributed by atoms with Gasteiger partial charge in [0.05, 0.1) is 5.25 Å². The quantitative estimate of drug-likeness (QED) is 0.756. The molecule has 4 nitrogen and oxygen atoms in total. The van der Waals surface area contributed by atoms with E-state index in [1.807, 2.05) is 11.8 Å². The number of nitrogens with one attached hydrogen (secondary N) is 1. The van der Waals surface area contributed by atoms with Gasteiger partial charge in [0.1, 0.15) is 5.82 Å². The maximum absolute atomic E-state index is 5.43. The van der Waals surface area contributed by atoms with Gasteiger partial charge in [0.15, 0.2) is 5.82 Å². The molecule has 72 valence electrons. The fourth-order valence-corrected chi connectivity index (χ4v) is 2.69. The normalized spacial score (nSPS) is 22.4. The molecule has 1 unspecified atom stereocenters. The summed E-state index contributed by atoms with van der Waals surface area (Å²) >= 11 is 1.95. The van der Waals surface area contributed by atoms with E-state index in [9.17, 15) is 0 Å². The van der Waals surface area contributed by atoms with Crippen LogP contribution in [0.4, 0.5) is 0 Å². The molecule has 3 N–H and O–H groups in total. The Hall–Kier alpha value is -0.550. The summed E-state index contributed by atoms with van der Waals surface area (Å²) in [6.07, 6.45) is 3.30. The largest absolute Gasteiger partial charge is 0.330 e. The highest BCUT2D eigenvalue weighted by Crippen LogP contribution is 2.37. The molecule has 1 aromatic rings. The monoisotopic (exact) mass is 198 g/mol. The minimum atomic E-state index is 0.516. The van der Waals surface area contributed by atoms with Crippen molar-refractivity contribution in [3.8, 4) is 0 Å². The highest BCUT2D eigenvalue weighted by atomic mass is 32.2. The van der Waals surface area contributed by atoms with Crippen LogP contribution in [0.15, 0.2) is 0 Å². The number of aromatic nitrogens is 3. The molecule has 1 aliphatic rings. The van der Waals surface area contributed by atoms with Crippen LogP contribution in [-0.4, -0.2) is 27.5 Å². The zero-order valence-electron chi connectivity index (χ0n) is 7.49. The van der Waals surface area contributed by atoms with Gasteiger partial charge in [-0.2, -0.15) is 16.9 Å². The lowest BCUT2D eigenvalue weighted by atomic mass is 10.2. The van der Waals surface area contributed by atoms with Crippen molar-refractivity contribution in [1.29, 1.82) is 0 Å². The first-order chi connectivity index (χ1) is 6.40. The number of nitrogens with zero attached hydrogens (tertiary/aromatic N) is 2. The van der Waals surface area contributed by atoms with Crippen molar-refractivity contribution in [2.24, 2.45) is 5.73 Å². The predicted molar refractivity (Wildman–Crippen MR) is 53.6 cm³/mol. The van der Waals surface area contributed by atoms with Crippen LogP contribution in [0.5, 0.6) is 0 Å². The van der Waals surface area contributed by atoms with Gasteiger partial charge < -0.3 is 5.73 Å². The Morgan fingerprint density at radius 3 is 3.23 bits per heavy atom. The highest BCUT2D eigenvalue weighted by Gasteiger charge is 2.21. The summed E-state index contributed by atoms with van der Waals surface area (Å²) in [6, 6.07) is 0. The molecule has 5 heteroatoms. The first-order valence-electron chi connectivity index (χ1n) is 4.63. The van der Waals surface area contributed by atoms with E-state index in [0.717, 1.165) is 18.1 Å². The summed E-state index contributed by atoms with van der Waals surface area (Å²) in [7, 11) is 0. The molecular weight excluding hydrogens is 184 g/mol. The van der Waals surface area contributed by atoms with Crippen LogP contribution >= 0.6 is 11.8 Å². The third kappa shape index (κ3) is 2.03. The third-order valence-electron chi connectivity index (χ3n) is 2.15. The molecule has 0 bridgehead atoms. The smallest absolute Gasteiger partial charge is 0.163 e. The minimum absolute atomic E-state index is 0.516. The molecule has 1 aromatic heterocycles. The number of thioether (sulfide) groups is 1. The maximum atomic E-state index is 5.43. The van der Waals surface area contributed by atoms with Crippen molar-refractivity contribution in [3.63, 3.8) is 0 Å². The Bertz CT molecular complexity index is 267. The molecule has 2 rings (SSSR count). The van der Waals surface area contributed by atoms with E-state index in [1.54, 1.807) is 0 Å². The summed E-state index contributed by atoms with van der Waals surface area (Å²) in [5.41, 5.74) is 5.43. The average molecular weight is 198 g/mol. The summed E-state index contributed by atoms with van der Waals surface area (Å²) in [6.45, 7) is 0.631. The van der Waals surface area contributed by atoms with E-state index < -0.39 is 0 Å². The second-order valence-corrected chi connectivity index (χ2v) is 4.49. The molecular formula is C8H14N4S. The van der Waals surface area contributed by atoms with Crippen LogP contribution in [0, 0.1) is 0 Å². The molecule has 1 saturated heterocycles. The lowest BCUT2D eigenvalue weighted by Gasteiger charge is -1.99. The Balaban J connectivity index is 2.03. The van der Waals surface area contributed by atoms with Crippen LogP contribution in [0.25, 0.3) is 0 Å². The number of aromatic amines is 1. The van der Waals surface area contributed by atoms with Crippen molar-refractivity contribution in [2.45, 2.75) is 24.5 Å². The molecule has 1 atom stereocenters. The first kappa shape index (κ1) is 9.02. The van der Waals surface area contributed by atoms with E-state index in [0.29, 0.717) is 11.8 Å². The van der Waals surface area contributed by atoms with Gasteiger partial charge in [-0.1, -0.05) is 0 Å². The molecule has 0 radical (unpaired) electrons. The minimum Gasteiger partial charge on any atom is -0.330 e. The molecule has 0 aromatic carbocycles. The van der Waals surface area contributed by atoms with Gasteiger partial charge in [-0.25, -0.2) is 4.98 Å².